The van der Waals surface area contributed by atoms with Crippen molar-refractivity contribution >= 4 is 11.9 Å². The van der Waals surface area contributed by atoms with Crippen molar-refractivity contribution < 1.29 is 14.2 Å². The summed E-state index contributed by atoms with van der Waals surface area (Å²) in [5, 5.41) is 15.2. The van der Waals surface area contributed by atoms with Gasteiger partial charge in [0.05, 0.1) is 13.7 Å². The van der Waals surface area contributed by atoms with Crippen LogP contribution in [0.15, 0.2) is 36.4 Å². The molecule has 0 saturated carbocycles. The van der Waals surface area contributed by atoms with Crippen LogP contribution in [0, 0.1) is 10.8 Å². The Hall–Kier alpha value is -3.62. The fourth-order valence-corrected chi connectivity index (χ4v) is 4.31. The molecule has 0 radical (unpaired) electrons. The first kappa shape index (κ1) is 22.6. The molecule has 33 heavy (non-hydrogen) atoms. The molecule has 2 aliphatic rings. The fraction of sp³-hybridized carbons (Fsp3) is 0.417. The molecule has 9 heteroatoms. The summed E-state index contributed by atoms with van der Waals surface area (Å²) in [6.45, 7) is 3.26. The number of benzene rings is 2. The highest BCUT2D eigenvalue weighted by atomic mass is 16.5. The van der Waals surface area contributed by atoms with E-state index in [1.54, 1.807) is 7.11 Å². The molecule has 0 aromatic heterocycles. The highest BCUT2D eigenvalue weighted by molar-refractivity contribution is 5.75. The van der Waals surface area contributed by atoms with E-state index in [0.29, 0.717) is 24.7 Å². The average molecular weight is 453 g/mol. The summed E-state index contributed by atoms with van der Waals surface area (Å²) >= 11 is 0. The highest BCUT2D eigenvalue weighted by Gasteiger charge is 2.24. The predicted octanol–water partition coefficient (Wildman–Crippen LogP) is 1.91. The number of hydrogen-bond acceptors (Lipinski definition) is 5. The van der Waals surface area contributed by atoms with Gasteiger partial charge in [0, 0.05) is 26.1 Å². The third-order valence-corrected chi connectivity index (χ3v) is 6.23. The van der Waals surface area contributed by atoms with E-state index in [4.69, 9.17) is 36.5 Å². The number of methoxy groups -OCH3 is 1. The molecular formula is C24H32N6O3. The van der Waals surface area contributed by atoms with Gasteiger partial charge in [0.15, 0.2) is 23.4 Å². The van der Waals surface area contributed by atoms with Crippen LogP contribution in [-0.2, 0) is 19.4 Å². The first-order valence-electron chi connectivity index (χ1n) is 11.2. The Kier molecular flexibility index (Phi) is 6.76. The molecule has 176 valence electrons. The van der Waals surface area contributed by atoms with E-state index in [2.05, 4.69) is 6.07 Å². The van der Waals surface area contributed by atoms with Crippen LogP contribution in [-0.4, -0.2) is 61.1 Å². The smallest absolute Gasteiger partial charge is 0.188 e. The normalized spacial score (nSPS) is 17.8. The maximum atomic E-state index is 7.71. The minimum absolute atomic E-state index is 0.0405. The summed E-state index contributed by atoms with van der Waals surface area (Å²) < 4.78 is 17.7. The SMILES string of the molecule is COc1cc2c(cc1OCc1ccc(OC3CCN(C(=N)N)C3)cc1)CCN(C(=N)N)CC2. The average Bonchev–Trinajstić information content (AvgIpc) is 3.17. The molecule has 4 rings (SSSR count). The Morgan fingerprint density at radius 1 is 0.939 bits per heavy atom. The van der Waals surface area contributed by atoms with E-state index in [1.165, 1.54) is 11.1 Å². The molecule has 1 atom stereocenters. The third kappa shape index (κ3) is 5.42. The van der Waals surface area contributed by atoms with Crippen molar-refractivity contribution in [3.05, 3.63) is 53.1 Å². The van der Waals surface area contributed by atoms with Gasteiger partial charge >= 0.3 is 0 Å². The minimum Gasteiger partial charge on any atom is -0.493 e. The zero-order chi connectivity index (χ0) is 23.4. The van der Waals surface area contributed by atoms with Crippen molar-refractivity contribution in [2.24, 2.45) is 11.5 Å². The topological polar surface area (TPSA) is 134 Å². The van der Waals surface area contributed by atoms with E-state index in [9.17, 15) is 0 Å². The van der Waals surface area contributed by atoms with Gasteiger partial charge in [0.2, 0.25) is 0 Å². The van der Waals surface area contributed by atoms with Gasteiger partial charge in [-0.15, -0.1) is 0 Å². The molecule has 0 aliphatic carbocycles. The number of fused-ring (bicyclic) bond motifs is 1. The molecule has 6 N–H and O–H groups in total. The second-order valence-corrected chi connectivity index (χ2v) is 8.44. The lowest BCUT2D eigenvalue weighted by Gasteiger charge is -2.19. The van der Waals surface area contributed by atoms with Crippen LogP contribution in [0.25, 0.3) is 0 Å². The Balaban J connectivity index is 1.37. The summed E-state index contributed by atoms with van der Waals surface area (Å²) in [6, 6.07) is 12.0. The monoisotopic (exact) mass is 452 g/mol. The van der Waals surface area contributed by atoms with Gasteiger partial charge in [0.1, 0.15) is 18.5 Å². The quantitative estimate of drug-likeness (QED) is 0.389. The minimum atomic E-state index is 0.0405. The summed E-state index contributed by atoms with van der Waals surface area (Å²) in [7, 11) is 1.65. The summed E-state index contributed by atoms with van der Waals surface area (Å²) in [6.07, 6.45) is 2.52. The number of ether oxygens (including phenoxy) is 3. The first-order chi connectivity index (χ1) is 15.9. The largest absolute Gasteiger partial charge is 0.493 e. The number of rotatable bonds is 6. The van der Waals surface area contributed by atoms with Crippen molar-refractivity contribution in [2.75, 3.05) is 33.3 Å². The highest BCUT2D eigenvalue weighted by Crippen LogP contribution is 2.33. The maximum absolute atomic E-state index is 7.71. The summed E-state index contributed by atoms with van der Waals surface area (Å²) in [4.78, 5) is 3.71. The Labute approximate surface area is 194 Å². The molecule has 1 unspecified atom stereocenters. The second kappa shape index (κ2) is 9.89. The van der Waals surface area contributed by atoms with Crippen molar-refractivity contribution in [3.8, 4) is 17.2 Å². The zero-order valence-corrected chi connectivity index (χ0v) is 19.0. The van der Waals surface area contributed by atoms with Crippen LogP contribution < -0.4 is 25.7 Å². The molecular weight excluding hydrogens is 420 g/mol. The molecule has 0 bridgehead atoms. The number of hydrogen-bond donors (Lipinski definition) is 4. The molecule has 0 amide bonds. The number of nitrogens with one attached hydrogen (secondary N) is 2. The molecule has 9 nitrogen and oxygen atoms in total. The van der Waals surface area contributed by atoms with Crippen molar-refractivity contribution in [1.29, 1.82) is 10.8 Å². The van der Waals surface area contributed by atoms with Gasteiger partial charge in [-0.3, -0.25) is 10.8 Å². The molecule has 2 heterocycles. The third-order valence-electron chi connectivity index (χ3n) is 6.23. The number of guanidine groups is 2. The van der Waals surface area contributed by atoms with E-state index >= 15 is 0 Å². The van der Waals surface area contributed by atoms with Gasteiger partial charge in [-0.2, -0.15) is 0 Å². The van der Waals surface area contributed by atoms with Crippen LogP contribution in [0.5, 0.6) is 17.2 Å². The summed E-state index contributed by atoms with van der Waals surface area (Å²) in [5.41, 5.74) is 14.7. The number of likely N-dealkylation sites (tertiary alicyclic amines) is 1. The van der Waals surface area contributed by atoms with E-state index in [1.807, 2.05) is 40.1 Å². The lowest BCUT2D eigenvalue weighted by Crippen LogP contribution is -2.38. The van der Waals surface area contributed by atoms with Crippen LogP contribution >= 0.6 is 0 Å². The van der Waals surface area contributed by atoms with Gasteiger partial charge in [-0.1, -0.05) is 12.1 Å². The van der Waals surface area contributed by atoms with E-state index in [0.717, 1.165) is 50.2 Å². The van der Waals surface area contributed by atoms with Gasteiger partial charge in [-0.05, 0) is 53.8 Å². The van der Waals surface area contributed by atoms with Gasteiger partial charge in [0.25, 0.3) is 0 Å². The van der Waals surface area contributed by atoms with Crippen LogP contribution in [0.2, 0.25) is 0 Å². The molecule has 2 aromatic carbocycles. The van der Waals surface area contributed by atoms with Crippen LogP contribution in [0.3, 0.4) is 0 Å². The molecule has 2 aliphatic heterocycles. The molecule has 1 saturated heterocycles. The molecule has 0 spiro atoms. The predicted molar refractivity (Wildman–Crippen MR) is 127 cm³/mol. The lowest BCUT2D eigenvalue weighted by atomic mass is 10.0. The Morgan fingerprint density at radius 3 is 2.15 bits per heavy atom. The molecule has 2 aromatic rings. The van der Waals surface area contributed by atoms with E-state index < -0.39 is 0 Å². The van der Waals surface area contributed by atoms with Crippen LogP contribution in [0.4, 0.5) is 0 Å². The summed E-state index contributed by atoms with van der Waals surface area (Å²) in [5.74, 6) is 2.43. The van der Waals surface area contributed by atoms with E-state index in [-0.39, 0.29) is 18.0 Å². The van der Waals surface area contributed by atoms with Crippen molar-refractivity contribution in [3.63, 3.8) is 0 Å². The number of nitrogens with zero attached hydrogens (tertiary/aromatic N) is 2. The Morgan fingerprint density at radius 2 is 1.58 bits per heavy atom. The standard InChI is InChI=1S/C24H32N6O3/c1-31-21-12-17-6-9-29(23(25)26)10-7-18(17)13-22(21)32-15-16-2-4-19(5-3-16)33-20-8-11-30(14-20)24(27)28/h2-5,12-13,20H,6-11,14-15H2,1H3,(H3,25,26)(H3,27,28). The zero-order valence-electron chi connectivity index (χ0n) is 19.0. The van der Waals surface area contributed by atoms with Gasteiger partial charge < -0.3 is 35.5 Å². The number of nitrogens with two attached hydrogens (primary N) is 2. The fourth-order valence-electron chi connectivity index (χ4n) is 4.31. The van der Waals surface area contributed by atoms with Crippen molar-refractivity contribution in [2.45, 2.75) is 32.0 Å². The van der Waals surface area contributed by atoms with Gasteiger partial charge in [-0.25, -0.2) is 0 Å². The van der Waals surface area contributed by atoms with Crippen LogP contribution in [0.1, 0.15) is 23.1 Å². The first-order valence-corrected chi connectivity index (χ1v) is 11.2. The lowest BCUT2D eigenvalue weighted by molar-refractivity contribution is 0.214. The molecule has 1 fully saturated rings. The maximum Gasteiger partial charge on any atom is 0.188 e. The van der Waals surface area contributed by atoms with Crippen molar-refractivity contribution in [1.82, 2.24) is 9.80 Å². The second-order valence-electron chi connectivity index (χ2n) is 8.44. The Bertz CT molecular complexity index is 1010.